The molecule has 0 fully saturated rings. The first-order chi connectivity index (χ1) is 11.5. The average Bonchev–Trinajstić information content (AvgIpc) is 2.58. The number of carbonyl (C=O) groups excluding carboxylic acids is 1. The van der Waals surface area contributed by atoms with Crippen molar-refractivity contribution < 1.29 is 19.4 Å². The van der Waals surface area contributed by atoms with Gasteiger partial charge in [0, 0.05) is 16.7 Å². The van der Waals surface area contributed by atoms with E-state index in [0.717, 1.165) is 11.1 Å². The highest BCUT2D eigenvalue weighted by Crippen LogP contribution is 2.19. The van der Waals surface area contributed by atoms with Crippen LogP contribution in [0.5, 0.6) is 5.75 Å². The number of hydrogen-bond acceptors (Lipinski definition) is 3. The predicted octanol–water partition coefficient (Wildman–Crippen LogP) is 3.13. The average molecular weight is 346 g/mol. The highest BCUT2D eigenvalue weighted by molar-refractivity contribution is 6.31. The summed E-state index contributed by atoms with van der Waals surface area (Å²) < 4.78 is 5.67. The normalized spacial score (nSPS) is 10.5. The number of rotatable bonds is 7. The summed E-state index contributed by atoms with van der Waals surface area (Å²) in [6, 6.07) is 14.6. The van der Waals surface area contributed by atoms with Crippen LogP contribution in [-0.2, 0) is 16.2 Å². The molecule has 2 N–H and O–H groups in total. The van der Waals surface area contributed by atoms with Crippen molar-refractivity contribution in [1.29, 1.82) is 0 Å². The lowest BCUT2D eigenvalue weighted by molar-refractivity contribution is -0.137. The number of aliphatic carboxylic acids is 1. The number of carboxylic acid groups (broad SMARTS) is 1. The van der Waals surface area contributed by atoms with E-state index in [2.05, 4.69) is 5.32 Å². The predicted molar refractivity (Wildman–Crippen MR) is 91.9 cm³/mol. The molecule has 6 heteroatoms. The van der Waals surface area contributed by atoms with Gasteiger partial charge in [0.2, 0.25) is 5.91 Å². The summed E-state index contributed by atoms with van der Waals surface area (Å²) in [5, 5.41) is 11.4. The SMILES string of the molecule is O=C(O)CNC(=O)C=Cc1ccc(OCc2ccccc2Cl)cc1. The molecule has 0 heterocycles. The minimum atomic E-state index is -1.09. The number of nitrogens with one attached hydrogen (secondary N) is 1. The van der Waals surface area contributed by atoms with Crippen LogP contribution in [0.15, 0.2) is 54.6 Å². The summed E-state index contributed by atoms with van der Waals surface area (Å²) in [6.07, 6.45) is 2.87. The van der Waals surface area contributed by atoms with Crippen molar-refractivity contribution in [3.8, 4) is 5.75 Å². The lowest BCUT2D eigenvalue weighted by Crippen LogP contribution is -2.27. The molecule has 0 unspecified atom stereocenters. The summed E-state index contributed by atoms with van der Waals surface area (Å²) in [4.78, 5) is 21.7. The Balaban J connectivity index is 1.87. The molecule has 0 aliphatic rings. The summed E-state index contributed by atoms with van der Waals surface area (Å²) in [5.74, 6) is -0.865. The Morgan fingerprint density at radius 1 is 1.12 bits per heavy atom. The van der Waals surface area contributed by atoms with Crippen molar-refractivity contribution >= 4 is 29.6 Å². The third-order valence-corrected chi connectivity index (χ3v) is 3.44. The lowest BCUT2D eigenvalue weighted by atomic mass is 10.2. The van der Waals surface area contributed by atoms with E-state index in [1.165, 1.54) is 6.08 Å². The van der Waals surface area contributed by atoms with Gasteiger partial charge in [-0.15, -0.1) is 0 Å². The van der Waals surface area contributed by atoms with E-state index in [1.807, 2.05) is 24.3 Å². The smallest absolute Gasteiger partial charge is 0.322 e. The van der Waals surface area contributed by atoms with Crippen LogP contribution < -0.4 is 10.1 Å². The molecule has 0 aliphatic carbocycles. The topological polar surface area (TPSA) is 75.6 Å². The highest BCUT2D eigenvalue weighted by Gasteiger charge is 2.01. The van der Waals surface area contributed by atoms with Gasteiger partial charge in [0.25, 0.3) is 0 Å². The third-order valence-electron chi connectivity index (χ3n) is 3.07. The minimum Gasteiger partial charge on any atom is -0.489 e. The highest BCUT2D eigenvalue weighted by atomic mass is 35.5. The van der Waals surface area contributed by atoms with Gasteiger partial charge < -0.3 is 15.2 Å². The van der Waals surface area contributed by atoms with Crippen molar-refractivity contribution in [1.82, 2.24) is 5.32 Å². The summed E-state index contributed by atoms with van der Waals surface area (Å²) in [6.45, 7) is -0.0373. The number of ether oxygens (including phenoxy) is 1. The van der Waals surface area contributed by atoms with Crippen LogP contribution in [0, 0.1) is 0 Å². The summed E-state index contributed by atoms with van der Waals surface area (Å²) in [5.41, 5.74) is 1.70. The molecule has 0 saturated heterocycles. The quantitative estimate of drug-likeness (QED) is 0.756. The van der Waals surface area contributed by atoms with Crippen LogP contribution in [0.1, 0.15) is 11.1 Å². The van der Waals surface area contributed by atoms with E-state index < -0.39 is 18.4 Å². The van der Waals surface area contributed by atoms with E-state index >= 15 is 0 Å². The molecule has 0 radical (unpaired) electrons. The van der Waals surface area contributed by atoms with Gasteiger partial charge in [-0.25, -0.2) is 0 Å². The van der Waals surface area contributed by atoms with Crippen LogP contribution in [0.3, 0.4) is 0 Å². The maximum absolute atomic E-state index is 11.4. The van der Waals surface area contributed by atoms with Gasteiger partial charge in [0.05, 0.1) is 0 Å². The van der Waals surface area contributed by atoms with Gasteiger partial charge in [-0.3, -0.25) is 9.59 Å². The zero-order valence-electron chi connectivity index (χ0n) is 12.7. The number of benzene rings is 2. The summed E-state index contributed by atoms with van der Waals surface area (Å²) >= 11 is 6.07. The van der Waals surface area contributed by atoms with Crippen molar-refractivity contribution in [3.63, 3.8) is 0 Å². The van der Waals surface area contributed by atoms with Crippen molar-refractivity contribution in [3.05, 3.63) is 70.8 Å². The second-order valence-corrected chi connectivity index (χ2v) is 5.30. The van der Waals surface area contributed by atoms with Gasteiger partial charge in [-0.05, 0) is 29.8 Å². The molecule has 2 rings (SSSR count). The van der Waals surface area contributed by atoms with Crippen LogP contribution in [-0.4, -0.2) is 23.5 Å². The van der Waals surface area contributed by atoms with E-state index in [9.17, 15) is 9.59 Å². The van der Waals surface area contributed by atoms with E-state index in [-0.39, 0.29) is 0 Å². The zero-order chi connectivity index (χ0) is 17.4. The van der Waals surface area contributed by atoms with Gasteiger partial charge in [-0.2, -0.15) is 0 Å². The molecule has 0 spiro atoms. The van der Waals surface area contributed by atoms with E-state index in [1.54, 1.807) is 30.3 Å². The Bertz CT molecular complexity index is 741. The van der Waals surface area contributed by atoms with E-state index in [4.69, 9.17) is 21.4 Å². The Kier molecular flexibility index (Phi) is 6.40. The molecular weight excluding hydrogens is 330 g/mol. The molecule has 2 aromatic carbocycles. The first-order valence-electron chi connectivity index (χ1n) is 7.18. The van der Waals surface area contributed by atoms with Gasteiger partial charge >= 0.3 is 5.97 Å². The molecule has 0 atom stereocenters. The van der Waals surface area contributed by atoms with E-state index in [0.29, 0.717) is 17.4 Å². The van der Waals surface area contributed by atoms with Gasteiger partial charge in [0.15, 0.2) is 0 Å². The monoisotopic (exact) mass is 345 g/mol. The maximum atomic E-state index is 11.4. The fourth-order valence-corrected chi connectivity index (χ4v) is 2.04. The number of hydrogen-bond donors (Lipinski definition) is 2. The Labute approximate surface area is 144 Å². The zero-order valence-corrected chi connectivity index (χ0v) is 13.5. The van der Waals surface area contributed by atoms with Crippen LogP contribution in [0.4, 0.5) is 0 Å². The lowest BCUT2D eigenvalue weighted by Gasteiger charge is -2.07. The fourth-order valence-electron chi connectivity index (χ4n) is 1.85. The third kappa shape index (κ3) is 5.78. The molecule has 0 aromatic heterocycles. The largest absolute Gasteiger partial charge is 0.489 e. The number of amides is 1. The molecule has 0 aliphatic heterocycles. The van der Waals surface area contributed by atoms with Crippen molar-refractivity contribution in [2.75, 3.05) is 6.54 Å². The van der Waals surface area contributed by atoms with Crippen LogP contribution >= 0.6 is 11.6 Å². The molecule has 2 aromatic rings. The molecule has 124 valence electrons. The minimum absolute atomic E-state index is 0.368. The van der Waals surface area contributed by atoms with Crippen molar-refractivity contribution in [2.45, 2.75) is 6.61 Å². The molecule has 24 heavy (non-hydrogen) atoms. The van der Waals surface area contributed by atoms with Crippen LogP contribution in [0.2, 0.25) is 5.02 Å². The molecule has 0 bridgehead atoms. The fraction of sp³-hybridized carbons (Fsp3) is 0.111. The number of carboxylic acids is 1. The maximum Gasteiger partial charge on any atom is 0.322 e. The number of halogens is 1. The van der Waals surface area contributed by atoms with Crippen molar-refractivity contribution in [2.24, 2.45) is 0 Å². The Morgan fingerprint density at radius 2 is 1.83 bits per heavy atom. The summed E-state index contributed by atoms with van der Waals surface area (Å²) in [7, 11) is 0. The molecule has 0 saturated carbocycles. The molecular formula is C18H16ClNO4. The first kappa shape index (κ1) is 17.6. The Morgan fingerprint density at radius 3 is 2.50 bits per heavy atom. The standard InChI is InChI=1S/C18H16ClNO4/c19-16-4-2-1-3-14(16)12-24-15-8-5-13(6-9-15)7-10-17(21)20-11-18(22)23/h1-10H,11-12H2,(H,20,21)(H,22,23). The van der Waals surface area contributed by atoms with Gasteiger partial charge in [-0.1, -0.05) is 41.9 Å². The van der Waals surface area contributed by atoms with Gasteiger partial charge in [0.1, 0.15) is 18.9 Å². The first-order valence-corrected chi connectivity index (χ1v) is 7.56. The second-order valence-electron chi connectivity index (χ2n) is 4.89. The van der Waals surface area contributed by atoms with Crippen LogP contribution in [0.25, 0.3) is 6.08 Å². The molecule has 5 nitrogen and oxygen atoms in total. The number of carbonyl (C=O) groups is 2. The Hall–Kier alpha value is -2.79. The molecule has 1 amide bonds. The second kappa shape index (κ2) is 8.74.